The van der Waals surface area contributed by atoms with Gasteiger partial charge in [-0.2, -0.15) is 0 Å². The fourth-order valence-corrected chi connectivity index (χ4v) is 1.56. The zero-order valence-corrected chi connectivity index (χ0v) is 6.05. The Morgan fingerprint density at radius 2 is 2.30 bits per heavy atom. The molecule has 2 heteroatoms. The number of piperidine rings is 1. The highest BCUT2D eigenvalue weighted by molar-refractivity contribution is 5.01. The summed E-state index contributed by atoms with van der Waals surface area (Å²) in [4.78, 5) is 0. The van der Waals surface area contributed by atoms with Gasteiger partial charge in [0, 0.05) is 6.04 Å². The molecule has 0 spiro atoms. The van der Waals surface area contributed by atoms with E-state index in [4.69, 9.17) is 4.74 Å². The molecule has 0 aliphatic carbocycles. The van der Waals surface area contributed by atoms with E-state index in [1.807, 2.05) is 0 Å². The maximum Gasteiger partial charge on any atom is 0.134 e. The predicted octanol–water partition coefficient (Wildman–Crippen LogP) is 1.04. The topological polar surface area (TPSA) is 21.3 Å². The van der Waals surface area contributed by atoms with Crippen LogP contribution in [0, 0.1) is 0 Å². The second-order valence-electron chi connectivity index (χ2n) is 2.99. The van der Waals surface area contributed by atoms with Crippen LogP contribution in [0.4, 0.5) is 0 Å². The van der Waals surface area contributed by atoms with Crippen LogP contribution in [0.25, 0.3) is 0 Å². The summed E-state index contributed by atoms with van der Waals surface area (Å²) in [6.45, 7) is 1.17. The van der Waals surface area contributed by atoms with Crippen molar-refractivity contribution in [2.45, 2.75) is 31.4 Å². The molecule has 2 unspecified atom stereocenters. The van der Waals surface area contributed by atoms with Crippen molar-refractivity contribution in [2.75, 3.05) is 6.54 Å². The molecule has 0 radical (unpaired) electrons. The number of ether oxygens (including phenoxy) is 1. The Kier molecular flexibility index (Phi) is 1.63. The molecule has 2 nitrogen and oxygen atoms in total. The third-order valence-electron chi connectivity index (χ3n) is 2.25. The van der Waals surface area contributed by atoms with Crippen LogP contribution in [-0.2, 0) is 4.74 Å². The van der Waals surface area contributed by atoms with Crippen molar-refractivity contribution in [1.29, 1.82) is 0 Å². The van der Waals surface area contributed by atoms with Gasteiger partial charge in [0.25, 0.3) is 0 Å². The van der Waals surface area contributed by atoms with Crippen LogP contribution in [0.3, 0.4) is 0 Å². The van der Waals surface area contributed by atoms with E-state index < -0.39 is 0 Å². The first-order valence-corrected chi connectivity index (χ1v) is 4.02. The van der Waals surface area contributed by atoms with Crippen molar-refractivity contribution < 1.29 is 4.74 Å². The fourth-order valence-electron chi connectivity index (χ4n) is 1.56. The number of hydrogen-bond donors (Lipinski definition) is 1. The Morgan fingerprint density at radius 1 is 1.40 bits per heavy atom. The van der Waals surface area contributed by atoms with Crippen LogP contribution in [0.2, 0.25) is 0 Å². The van der Waals surface area contributed by atoms with E-state index in [1.54, 1.807) is 6.26 Å². The van der Waals surface area contributed by atoms with E-state index in [1.165, 1.54) is 25.8 Å². The van der Waals surface area contributed by atoms with Crippen molar-refractivity contribution in [3.05, 3.63) is 12.3 Å². The van der Waals surface area contributed by atoms with Gasteiger partial charge in [-0.05, 0) is 25.5 Å². The van der Waals surface area contributed by atoms with Gasteiger partial charge in [-0.25, -0.2) is 0 Å². The van der Waals surface area contributed by atoms with Gasteiger partial charge in [-0.3, -0.25) is 0 Å². The highest BCUT2D eigenvalue weighted by atomic mass is 16.5. The third kappa shape index (κ3) is 1.03. The predicted molar refractivity (Wildman–Crippen MR) is 39.7 cm³/mol. The lowest BCUT2D eigenvalue weighted by molar-refractivity contribution is 0.0906. The van der Waals surface area contributed by atoms with Gasteiger partial charge in [0.05, 0.1) is 6.26 Å². The van der Waals surface area contributed by atoms with Crippen molar-refractivity contribution in [1.82, 2.24) is 5.32 Å². The second-order valence-corrected chi connectivity index (χ2v) is 2.99. The summed E-state index contributed by atoms with van der Waals surface area (Å²) in [5.74, 6) is 0. The summed E-state index contributed by atoms with van der Waals surface area (Å²) >= 11 is 0. The zero-order valence-electron chi connectivity index (χ0n) is 6.05. The lowest BCUT2D eigenvalue weighted by Crippen LogP contribution is -2.45. The molecule has 2 rings (SSSR count). The van der Waals surface area contributed by atoms with Gasteiger partial charge in [-0.15, -0.1) is 0 Å². The van der Waals surface area contributed by atoms with Gasteiger partial charge in [0.2, 0.25) is 0 Å². The van der Waals surface area contributed by atoms with Crippen LogP contribution in [0.15, 0.2) is 12.3 Å². The molecular weight excluding hydrogens is 126 g/mol. The van der Waals surface area contributed by atoms with E-state index in [0.717, 1.165) is 0 Å². The largest absolute Gasteiger partial charge is 0.492 e. The van der Waals surface area contributed by atoms with Crippen molar-refractivity contribution in [2.24, 2.45) is 0 Å². The molecule has 1 saturated heterocycles. The molecule has 0 aromatic carbocycles. The second kappa shape index (κ2) is 2.62. The van der Waals surface area contributed by atoms with E-state index >= 15 is 0 Å². The summed E-state index contributed by atoms with van der Waals surface area (Å²) in [6.07, 6.45) is 8.23. The Labute approximate surface area is 61.3 Å². The molecule has 2 heterocycles. The maximum absolute atomic E-state index is 5.23. The van der Waals surface area contributed by atoms with Crippen molar-refractivity contribution in [3.63, 3.8) is 0 Å². The van der Waals surface area contributed by atoms with Gasteiger partial charge in [-0.1, -0.05) is 6.42 Å². The molecule has 1 fully saturated rings. The minimum Gasteiger partial charge on any atom is -0.492 e. The normalized spacial score (nSPS) is 38.4. The van der Waals surface area contributed by atoms with Crippen molar-refractivity contribution >= 4 is 0 Å². The van der Waals surface area contributed by atoms with Crippen LogP contribution in [-0.4, -0.2) is 18.7 Å². The third-order valence-corrected chi connectivity index (χ3v) is 2.25. The average Bonchev–Trinajstić information content (AvgIpc) is 1.86. The molecule has 2 atom stereocenters. The molecule has 56 valence electrons. The lowest BCUT2D eigenvalue weighted by atomic mass is 9.98. The Hall–Kier alpha value is -0.500. The lowest BCUT2D eigenvalue weighted by Gasteiger charge is -2.32. The number of hydrogen-bond acceptors (Lipinski definition) is 2. The molecule has 1 N–H and O–H groups in total. The summed E-state index contributed by atoms with van der Waals surface area (Å²) in [5.41, 5.74) is 0. The summed E-state index contributed by atoms with van der Waals surface area (Å²) in [7, 11) is 0. The van der Waals surface area contributed by atoms with E-state index in [-0.39, 0.29) is 0 Å². The fraction of sp³-hybridized carbons (Fsp3) is 0.750. The summed E-state index contributed by atoms with van der Waals surface area (Å²) < 4.78 is 5.23. The van der Waals surface area contributed by atoms with Crippen LogP contribution in [0.1, 0.15) is 19.3 Å². The minimum atomic E-state index is 0.375. The molecule has 2 aliphatic heterocycles. The molecule has 10 heavy (non-hydrogen) atoms. The first-order chi connectivity index (χ1) is 4.97. The van der Waals surface area contributed by atoms with Gasteiger partial charge >= 0.3 is 0 Å². The maximum atomic E-state index is 5.23. The van der Waals surface area contributed by atoms with Crippen LogP contribution in [0.5, 0.6) is 0 Å². The highest BCUT2D eigenvalue weighted by Gasteiger charge is 2.24. The Balaban J connectivity index is 1.85. The first-order valence-electron chi connectivity index (χ1n) is 4.02. The van der Waals surface area contributed by atoms with Gasteiger partial charge in [0.1, 0.15) is 6.10 Å². The Bertz CT molecular complexity index is 138. The minimum absolute atomic E-state index is 0.375. The molecule has 0 aromatic heterocycles. The monoisotopic (exact) mass is 139 g/mol. The highest BCUT2D eigenvalue weighted by Crippen LogP contribution is 2.18. The number of nitrogens with one attached hydrogen (secondary N) is 1. The van der Waals surface area contributed by atoms with Crippen LogP contribution < -0.4 is 5.32 Å². The standard InChI is InChI=1S/C8H13NO/c1-2-5-9-7(3-1)8-4-6-10-8/h4,6-9H,1-3,5H2. The summed E-state index contributed by atoms with van der Waals surface area (Å²) in [5, 5.41) is 3.44. The first kappa shape index (κ1) is 6.23. The molecule has 0 bridgehead atoms. The molecule has 0 saturated carbocycles. The van der Waals surface area contributed by atoms with E-state index in [2.05, 4.69) is 11.4 Å². The zero-order chi connectivity index (χ0) is 6.81. The smallest absolute Gasteiger partial charge is 0.134 e. The number of rotatable bonds is 1. The molecule has 2 aliphatic rings. The van der Waals surface area contributed by atoms with Crippen LogP contribution >= 0.6 is 0 Å². The molecule has 0 aromatic rings. The molecule has 0 amide bonds. The van der Waals surface area contributed by atoms with E-state index in [0.29, 0.717) is 12.1 Å². The van der Waals surface area contributed by atoms with Gasteiger partial charge in [0.15, 0.2) is 0 Å². The quantitative estimate of drug-likeness (QED) is 0.586. The SMILES string of the molecule is C1=CC(C2CCCCN2)O1. The van der Waals surface area contributed by atoms with Crippen molar-refractivity contribution in [3.8, 4) is 0 Å². The Morgan fingerprint density at radius 3 is 2.80 bits per heavy atom. The van der Waals surface area contributed by atoms with E-state index in [9.17, 15) is 0 Å². The average molecular weight is 139 g/mol. The molecular formula is C8H13NO. The summed E-state index contributed by atoms with van der Waals surface area (Å²) in [6, 6.07) is 0.596. The van der Waals surface area contributed by atoms with Gasteiger partial charge < -0.3 is 10.1 Å².